The number of nitrogens with one attached hydrogen (secondary N) is 3. The third-order valence-corrected chi connectivity index (χ3v) is 7.74. The molecule has 1 aliphatic carbocycles. The van der Waals surface area contributed by atoms with Gasteiger partial charge in [0.1, 0.15) is 23.3 Å². The lowest BCUT2D eigenvalue weighted by Gasteiger charge is -2.22. The van der Waals surface area contributed by atoms with Crippen molar-refractivity contribution in [3.8, 4) is 23.0 Å². The van der Waals surface area contributed by atoms with E-state index in [9.17, 15) is 32.3 Å². The van der Waals surface area contributed by atoms with Crippen LogP contribution in [0.1, 0.15) is 93.7 Å². The number of oxazole rings is 1. The molecule has 53 heavy (non-hydrogen) atoms. The van der Waals surface area contributed by atoms with Crippen molar-refractivity contribution in [1.82, 2.24) is 20.9 Å². The molecular weight excluding hydrogens is 708 g/mol. The number of carbonyl (C=O) groups is 4. The second kappa shape index (κ2) is 17.9. The number of hydrogen-bond donors (Lipinski definition) is 3. The summed E-state index contributed by atoms with van der Waals surface area (Å²) in [6.07, 6.45) is 1.80. The van der Waals surface area contributed by atoms with Crippen LogP contribution in [-0.4, -0.2) is 61.3 Å². The number of nitrogens with zero attached hydrogens (tertiary/aromatic N) is 1. The van der Waals surface area contributed by atoms with E-state index in [0.29, 0.717) is 18.9 Å². The second-order valence-corrected chi connectivity index (χ2v) is 13.3. The van der Waals surface area contributed by atoms with Gasteiger partial charge in [-0.2, -0.15) is 8.78 Å². The Labute approximate surface area is 303 Å². The van der Waals surface area contributed by atoms with Gasteiger partial charge in [0.2, 0.25) is 11.8 Å². The molecule has 288 valence electrons. The quantitative estimate of drug-likeness (QED) is 0.0785. The first-order valence-corrected chi connectivity index (χ1v) is 16.9. The number of alkyl halides is 2. The van der Waals surface area contributed by atoms with Gasteiger partial charge in [0, 0.05) is 30.2 Å². The number of alkyl carbamates (subject to hydrolysis) is 1. The summed E-state index contributed by atoms with van der Waals surface area (Å²) in [5, 5.41) is 7.69. The molecule has 3 aromatic rings. The highest BCUT2D eigenvalue weighted by Gasteiger charge is 2.33. The summed E-state index contributed by atoms with van der Waals surface area (Å²) in [5.41, 5.74) is -1.50. The van der Waals surface area contributed by atoms with Crippen LogP contribution < -0.4 is 25.4 Å². The average molecular weight is 751 g/mol. The molecule has 1 aliphatic rings. The van der Waals surface area contributed by atoms with E-state index in [1.54, 1.807) is 20.8 Å². The van der Waals surface area contributed by atoms with E-state index in [4.69, 9.17) is 13.9 Å². The summed E-state index contributed by atoms with van der Waals surface area (Å²) < 4.78 is 81.5. The number of unbranched alkanes of at least 4 members (excludes halogenated alkanes) is 1. The number of methoxy groups -OCH3 is 1. The zero-order valence-electron chi connectivity index (χ0n) is 29.9. The van der Waals surface area contributed by atoms with Crippen molar-refractivity contribution in [2.45, 2.75) is 84.1 Å². The Balaban J connectivity index is 1.70. The summed E-state index contributed by atoms with van der Waals surface area (Å²) in [5.74, 6) is -4.83. The molecule has 0 radical (unpaired) electrons. The van der Waals surface area contributed by atoms with Crippen LogP contribution in [0.3, 0.4) is 0 Å². The van der Waals surface area contributed by atoms with Gasteiger partial charge in [-0.15, -0.1) is 0 Å². The van der Waals surface area contributed by atoms with E-state index < -0.39 is 65.5 Å². The van der Waals surface area contributed by atoms with E-state index in [2.05, 4.69) is 30.4 Å². The van der Waals surface area contributed by atoms with Gasteiger partial charge in [-0.25, -0.2) is 18.6 Å². The topological polar surface area (TPSA) is 167 Å². The fraction of sp³-hybridized carbons (Fsp3) is 0.472. The van der Waals surface area contributed by atoms with Crippen molar-refractivity contribution in [3.63, 3.8) is 0 Å². The Hall–Kier alpha value is -5.35. The maximum Gasteiger partial charge on any atom is 0.408 e. The van der Waals surface area contributed by atoms with Crippen LogP contribution in [0.2, 0.25) is 0 Å². The standard InChI is InChI=1S/C36H42F4N4O9/c1-19(42-35(48)53-36(2,3)4)30-29(32(47)43-28(31(46)41-18-20-9-10-20)23-13-12-22(37)17-24(23)38)44-33(52-30)21-11-14-25(51-34(39)40)26(16-21)50-15-7-6-8-27(45)49-5/h11-14,16-17,19-20,28,34H,6-10,15,18H2,1-5H3,(H,41,46)(H,42,48)(H,43,47)/t19-,28?/m0/s1. The van der Waals surface area contributed by atoms with Gasteiger partial charge in [-0.3, -0.25) is 14.4 Å². The van der Waals surface area contributed by atoms with Crippen LogP contribution in [0.15, 0.2) is 40.8 Å². The largest absolute Gasteiger partial charge is 0.490 e. The maximum absolute atomic E-state index is 15.0. The molecular formula is C36H42F4N4O9. The van der Waals surface area contributed by atoms with Gasteiger partial charge in [-0.05, 0) is 83.6 Å². The van der Waals surface area contributed by atoms with Gasteiger partial charge in [0.15, 0.2) is 23.0 Å². The summed E-state index contributed by atoms with van der Waals surface area (Å²) in [4.78, 5) is 55.7. The highest BCUT2D eigenvalue weighted by atomic mass is 19.3. The normalized spacial score (nSPS) is 13.8. The number of hydrogen-bond acceptors (Lipinski definition) is 10. The lowest BCUT2D eigenvalue weighted by Crippen LogP contribution is -2.42. The van der Waals surface area contributed by atoms with Crippen LogP contribution >= 0.6 is 0 Å². The minimum atomic E-state index is -3.19. The third-order valence-electron chi connectivity index (χ3n) is 7.74. The van der Waals surface area contributed by atoms with Gasteiger partial charge in [0.25, 0.3) is 5.91 Å². The van der Waals surface area contributed by atoms with E-state index in [-0.39, 0.29) is 59.8 Å². The zero-order valence-corrected chi connectivity index (χ0v) is 29.9. The molecule has 0 saturated heterocycles. The molecule has 1 saturated carbocycles. The predicted octanol–water partition coefficient (Wildman–Crippen LogP) is 6.53. The Morgan fingerprint density at radius 3 is 2.38 bits per heavy atom. The minimum absolute atomic E-state index is 0.00548. The van der Waals surface area contributed by atoms with Crippen molar-refractivity contribution in [2.24, 2.45) is 5.92 Å². The predicted molar refractivity (Wildman–Crippen MR) is 180 cm³/mol. The number of amides is 3. The Morgan fingerprint density at radius 2 is 1.74 bits per heavy atom. The van der Waals surface area contributed by atoms with Crippen LogP contribution in [0.5, 0.6) is 11.5 Å². The first-order valence-electron chi connectivity index (χ1n) is 16.9. The molecule has 3 N–H and O–H groups in total. The van der Waals surface area contributed by atoms with Gasteiger partial charge < -0.3 is 39.3 Å². The summed E-state index contributed by atoms with van der Waals surface area (Å²) in [7, 11) is 1.26. The zero-order chi connectivity index (χ0) is 38.9. The number of ether oxygens (including phenoxy) is 4. The molecule has 17 heteroatoms. The van der Waals surface area contributed by atoms with Crippen molar-refractivity contribution in [3.05, 3.63) is 65.1 Å². The first kappa shape index (κ1) is 40.4. The molecule has 0 aliphatic heterocycles. The summed E-state index contributed by atoms with van der Waals surface area (Å²) >= 11 is 0. The number of aromatic nitrogens is 1. The fourth-order valence-electron chi connectivity index (χ4n) is 4.95. The molecule has 1 unspecified atom stereocenters. The molecule has 3 amide bonds. The first-order chi connectivity index (χ1) is 25.0. The molecule has 1 heterocycles. The Bertz CT molecular complexity index is 1780. The molecule has 1 fully saturated rings. The average Bonchev–Trinajstić information content (AvgIpc) is 3.80. The van der Waals surface area contributed by atoms with E-state index >= 15 is 4.39 Å². The smallest absolute Gasteiger partial charge is 0.408 e. The van der Waals surface area contributed by atoms with Crippen molar-refractivity contribution < 1.29 is 60.1 Å². The van der Waals surface area contributed by atoms with Crippen molar-refractivity contribution >= 4 is 23.9 Å². The van der Waals surface area contributed by atoms with Crippen LogP contribution in [-0.2, 0) is 19.1 Å². The highest BCUT2D eigenvalue weighted by molar-refractivity contribution is 5.98. The van der Waals surface area contributed by atoms with E-state index in [1.807, 2.05) is 0 Å². The molecule has 2 aromatic carbocycles. The number of esters is 1. The third kappa shape index (κ3) is 12.1. The maximum atomic E-state index is 15.0. The lowest BCUT2D eigenvalue weighted by molar-refractivity contribution is -0.140. The van der Waals surface area contributed by atoms with Crippen LogP contribution in [0.4, 0.5) is 22.4 Å². The summed E-state index contributed by atoms with van der Waals surface area (Å²) in [6.45, 7) is 3.50. The van der Waals surface area contributed by atoms with Gasteiger partial charge >= 0.3 is 18.7 Å². The molecule has 4 rings (SSSR count). The molecule has 1 aromatic heterocycles. The Kier molecular flexibility index (Phi) is 13.7. The summed E-state index contributed by atoms with van der Waals surface area (Å²) in [6, 6.07) is 3.62. The molecule has 13 nitrogen and oxygen atoms in total. The number of rotatable bonds is 17. The molecule has 2 atom stereocenters. The van der Waals surface area contributed by atoms with E-state index in [0.717, 1.165) is 25.0 Å². The molecule has 0 spiro atoms. The highest BCUT2D eigenvalue weighted by Crippen LogP contribution is 2.36. The van der Waals surface area contributed by atoms with Crippen molar-refractivity contribution in [1.29, 1.82) is 0 Å². The Morgan fingerprint density at radius 1 is 1.00 bits per heavy atom. The van der Waals surface area contributed by atoms with Crippen LogP contribution in [0.25, 0.3) is 11.5 Å². The number of halogens is 4. The SMILES string of the molecule is COC(=O)CCCCOc1cc(-c2nc(C(=O)NC(C(=O)NCC3CC3)c3ccc(F)cc3F)c([C@H](C)NC(=O)OC(C)(C)C)o2)ccc1OC(F)F. The minimum Gasteiger partial charge on any atom is -0.490 e. The number of carbonyl (C=O) groups excluding carboxylic acids is 4. The fourth-order valence-corrected chi connectivity index (χ4v) is 4.95. The van der Waals surface area contributed by atoms with Gasteiger partial charge in [0.05, 0.1) is 19.8 Å². The van der Waals surface area contributed by atoms with Gasteiger partial charge in [-0.1, -0.05) is 6.07 Å². The molecule has 0 bridgehead atoms. The van der Waals surface area contributed by atoms with Crippen molar-refractivity contribution in [2.75, 3.05) is 20.3 Å². The van der Waals surface area contributed by atoms with Crippen LogP contribution in [0, 0.1) is 17.6 Å². The number of benzene rings is 2. The lowest BCUT2D eigenvalue weighted by atomic mass is 10.0. The second-order valence-electron chi connectivity index (χ2n) is 13.3. The van der Waals surface area contributed by atoms with E-state index in [1.165, 1.54) is 32.2 Å². The monoisotopic (exact) mass is 750 g/mol.